The quantitative estimate of drug-likeness (QED) is 0.178. The Morgan fingerprint density at radius 3 is 1.96 bits per heavy atom. The summed E-state index contributed by atoms with van der Waals surface area (Å²) in [5, 5.41) is 9.67. The van der Waals surface area contributed by atoms with Gasteiger partial charge in [-0.1, -0.05) is 140 Å². The van der Waals surface area contributed by atoms with E-state index in [4.69, 9.17) is 4.42 Å². The summed E-state index contributed by atoms with van der Waals surface area (Å²) < 4.78 is 9.12. The average Bonchev–Trinajstić information content (AvgIpc) is 3.79. The Morgan fingerprint density at radius 1 is 0.396 bits per heavy atom. The molecular formula is C50H31NOS. The zero-order valence-electron chi connectivity index (χ0n) is 28.7. The van der Waals surface area contributed by atoms with Gasteiger partial charge in [-0.3, -0.25) is 0 Å². The predicted octanol–water partition coefficient (Wildman–Crippen LogP) is 15.1. The molecular weight excluding hydrogens is 663 g/mol. The van der Waals surface area contributed by atoms with E-state index in [1.54, 1.807) is 0 Å². The first-order chi connectivity index (χ1) is 26.3. The second kappa shape index (κ2) is 11.9. The summed E-state index contributed by atoms with van der Waals surface area (Å²) in [6.45, 7) is 0. The van der Waals surface area contributed by atoms with Gasteiger partial charge in [0.15, 0.2) is 0 Å². The summed E-state index contributed by atoms with van der Waals surface area (Å²) >= 11 is 1.86. The molecule has 0 aliphatic carbocycles. The van der Waals surface area contributed by atoms with E-state index in [-0.39, 0.29) is 0 Å². The number of nitrogens with zero attached hydrogens (tertiary/aromatic N) is 1. The van der Waals surface area contributed by atoms with Crippen molar-refractivity contribution < 1.29 is 4.42 Å². The fourth-order valence-corrected chi connectivity index (χ4v) is 9.44. The van der Waals surface area contributed by atoms with Crippen LogP contribution < -0.4 is 4.90 Å². The van der Waals surface area contributed by atoms with Crippen molar-refractivity contribution in [1.29, 1.82) is 0 Å². The van der Waals surface area contributed by atoms with Crippen molar-refractivity contribution in [3.05, 3.63) is 188 Å². The second-order valence-electron chi connectivity index (χ2n) is 13.7. The highest BCUT2D eigenvalue weighted by Crippen LogP contribution is 2.49. The van der Waals surface area contributed by atoms with Crippen molar-refractivity contribution in [2.75, 3.05) is 4.90 Å². The number of thiophene rings is 1. The van der Waals surface area contributed by atoms with Crippen molar-refractivity contribution in [2.45, 2.75) is 0 Å². The lowest BCUT2D eigenvalue weighted by Crippen LogP contribution is -2.11. The minimum atomic E-state index is 0.888. The van der Waals surface area contributed by atoms with Gasteiger partial charge < -0.3 is 9.32 Å². The van der Waals surface area contributed by atoms with Crippen molar-refractivity contribution >= 4 is 92.1 Å². The van der Waals surface area contributed by atoms with E-state index in [9.17, 15) is 0 Å². The van der Waals surface area contributed by atoms with E-state index < -0.39 is 0 Å². The minimum absolute atomic E-state index is 0.888. The van der Waals surface area contributed by atoms with Crippen LogP contribution in [0.15, 0.2) is 192 Å². The standard InChI is InChI=1S/C50H31NOS/c1-2-15-34-31-47-43(30-33(34)14-1)49-41(23-12-27-46(49)52-47)39-20-5-7-25-44(39)51(45-26-11-24-42-40-21-6-8-28-48(40)53-50(42)45)36-18-9-17-35(29-36)38-22-10-16-32-13-3-4-19-37(32)38/h1-31H. The zero-order chi connectivity index (χ0) is 34.9. The lowest BCUT2D eigenvalue weighted by atomic mass is 9.95. The lowest BCUT2D eigenvalue weighted by Gasteiger charge is -2.29. The summed E-state index contributed by atoms with van der Waals surface area (Å²) in [5.41, 5.74) is 9.84. The van der Waals surface area contributed by atoms with Crippen LogP contribution in [0.25, 0.3) is 85.9 Å². The van der Waals surface area contributed by atoms with E-state index in [1.165, 1.54) is 52.8 Å². The average molecular weight is 694 g/mol. The number of benzene rings is 9. The first-order valence-electron chi connectivity index (χ1n) is 18.0. The van der Waals surface area contributed by atoms with Gasteiger partial charge in [0.05, 0.1) is 16.1 Å². The number of hydrogen-bond acceptors (Lipinski definition) is 3. The van der Waals surface area contributed by atoms with Crippen molar-refractivity contribution in [3.8, 4) is 22.3 Å². The van der Waals surface area contributed by atoms with Gasteiger partial charge in [-0.2, -0.15) is 0 Å². The van der Waals surface area contributed by atoms with E-state index in [2.05, 4.69) is 193 Å². The molecule has 11 rings (SSSR count). The van der Waals surface area contributed by atoms with Gasteiger partial charge in [-0.25, -0.2) is 0 Å². The van der Waals surface area contributed by atoms with Crippen LogP contribution in [-0.4, -0.2) is 0 Å². The number of furan rings is 1. The van der Waals surface area contributed by atoms with Crippen LogP contribution in [0.4, 0.5) is 17.1 Å². The highest BCUT2D eigenvalue weighted by Gasteiger charge is 2.23. The van der Waals surface area contributed by atoms with E-state index in [1.807, 2.05) is 11.3 Å². The third kappa shape index (κ3) is 4.78. The van der Waals surface area contributed by atoms with Crippen molar-refractivity contribution in [1.82, 2.24) is 0 Å². The zero-order valence-corrected chi connectivity index (χ0v) is 29.5. The highest BCUT2D eigenvalue weighted by atomic mass is 32.1. The second-order valence-corrected chi connectivity index (χ2v) is 14.7. The van der Waals surface area contributed by atoms with E-state index in [0.717, 1.165) is 50.1 Å². The van der Waals surface area contributed by atoms with Gasteiger partial charge in [0.25, 0.3) is 0 Å². The summed E-state index contributed by atoms with van der Waals surface area (Å²) in [5.74, 6) is 0. The summed E-state index contributed by atoms with van der Waals surface area (Å²) in [7, 11) is 0. The summed E-state index contributed by atoms with van der Waals surface area (Å²) in [6, 6.07) is 68.0. The maximum absolute atomic E-state index is 6.57. The molecule has 9 aromatic carbocycles. The van der Waals surface area contributed by atoms with Crippen molar-refractivity contribution in [2.24, 2.45) is 0 Å². The Bertz CT molecular complexity index is 3200. The lowest BCUT2D eigenvalue weighted by molar-refractivity contribution is 0.669. The Labute approximate surface area is 310 Å². The van der Waals surface area contributed by atoms with Crippen LogP contribution in [0.5, 0.6) is 0 Å². The Balaban J connectivity index is 1.19. The molecule has 0 spiro atoms. The summed E-state index contributed by atoms with van der Waals surface area (Å²) in [4.78, 5) is 2.47. The third-order valence-electron chi connectivity index (χ3n) is 10.6. The van der Waals surface area contributed by atoms with Crippen LogP contribution in [0.1, 0.15) is 0 Å². The van der Waals surface area contributed by atoms with Gasteiger partial charge in [-0.15, -0.1) is 11.3 Å². The van der Waals surface area contributed by atoms with Crippen LogP contribution in [0.2, 0.25) is 0 Å². The van der Waals surface area contributed by atoms with Crippen LogP contribution in [-0.2, 0) is 0 Å². The molecule has 2 nitrogen and oxygen atoms in total. The molecule has 0 atom stereocenters. The molecule has 0 N–H and O–H groups in total. The normalized spacial score (nSPS) is 11.8. The third-order valence-corrected chi connectivity index (χ3v) is 11.8. The topological polar surface area (TPSA) is 16.4 Å². The van der Waals surface area contributed by atoms with E-state index >= 15 is 0 Å². The van der Waals surface area contributed by atoms with E-state index in [0.29, 0.717) is 0 Å². The molecule has 2 aromatic heterocycles. The smallest absolute Gasteiger partial charge is 0.136 e. The Hall–Kier alpha value is -6.68. The minimum Gasteiger partial charge on any atom is -0.456 e. The number of para-hydroxylation sites is 1. The van der Waals surface area contributed by atoms with Gasteiger partial charge >= 0.3 is 0 Å². The number of fused-ring (bicyclic) bond motifs is 8. The monoisotopic (exact) mass is 693 g/mol. The molecule has 0 saturated carbocycles. The SMILES string of the molecule is c1cc(-c2cccc3ccccc23)cc(N(c2ccccc2-c2cccc3oc4cc5ccccc5cc4c23)c2cccc3c2sc2ccccc23)c1. The largest absolute Gasteiger partial charge is 0.456 e. The molecule has 0 amide bonds. The number of hydrogen-bond donors (Lipinski definition) is 0. The molecule has 0 aliphatic heterocycles. The van der Waals surface area contributed by atoms with Gasteiger partial charge in [0.1, 0.15) is 11.2 Å². The summed E-state index contributed by atoms with van der Waals surface area (Å²) in [6.07, 6.45) is 0. The molecule has 0 bridgehead atoms. The Morgan fingerprint density at radius 2 is 1.04 bits per heavy atom. The van der Waals surface area contributed by atoms with Gasteiger partial charge in [0, 0.05) is 37.5 Å². The molecule has 248 valence electrons. The maximum Gasteiger partial charge on any atom is 0.136 e. The van der Waals surface area contributed by atoms with Crippen molar-refractivity contribution in [3.63, 3.8) is 0 Å². The molecule has 0 radical (unpaired) electrons. The fourth-order valence-electron chi connectivity index (χ4n) is 8.24. The predicted molar refractivity (Wildman–Crippen MR) is 227 cm³/mol. The molecule has 0 aliphatic rings. The molecule has 2 heterocycles. The number of anilines is 3. The molecule has 3 heteroatoms. The van der Waals surface area contributed by atoms with Crippen LogP contribution in [0.3, 0.4) is 0 Å². The van der Waals surface area contributed by atoms with Crippen LogP contribution >= 0.6 is 11.3 Å². The molecule has 0 unspecified atom stereocenters. The first-order valence-corrected chi connectivity index (χ1v) is 18.8. The Kier molecular flexibility index (Phi) is 6.76. The van der Waals surface area contributed by atoms with Gasteiger partial charge in [-0.05, 0) is 86.8 Å². The molecule has 0 fully saturated rings. The van der Waals surface area contributed by atoms with Crippen LogP contribution in [0, 0.1) is 0 Å². The fraction of sp³-hybridized carbons (Fsp3) is 0. The first kappa shape index (κ1) is 30.0. The van der Waals surface area contributed by atoms with Gasteiger partial charge in [0.2, 0.25) is 0 Å². The highest BCUT2D eigenvalue weighted by molar-refractivity contribution is 7.26. The number of rotatable bonds is 5. The molecule has 11 aromatic rings. The molecule has 53 heavy (non-hydrogen) atoms. The maximum atomic E-state index is 6.57. The molecule has 0 saturated heterocycles.